The predicted molar refractivity (Wildman–Crippen MR) is 83.3 cm³/mol. The Kier molecular flexibility index (Phi) is 4.13. The van der Waals surface area contributed by atoms with Gasteiger partial charge in [-0.3, -0.25) is 4.40 Å². The Labute approximate surface area is 124 Å². The first-order chi connectivity index (χ1) is 9.72. The van der Waals surface area contributed by atoms with Crippen molar-refractivity contribution in [3.05, 3.63) is 23.1 Å². The Morgan fingerprint density at radius 2 is 2.15 bits per heavy atom. The van der Waals surface area contributed by atoms with Gasteiger partial charge in [0.05, 0.1) is 18.0 Å². The molecule has 20 heavy (non-hydrogen) atoms. The zero-order valence-corrected chi connectivity index (χ0v) is 13.2. The van der Waals surface area contributed by atoms with Crippen LogP contribution >= 0.6 is 11.3 Å². The topological polar surface area (TPSA) is 37.5 Å². The van der Waals surface area contributed by atoms with Gasteiger partial charge in [-0.1, -0.05) is 33.1 Å². The molecule has 2 aromatic heterocycles. The second kappa shape index (κ2) is 5.86. The third kappa shape index (κ3) is 2.40. The lowest BCUT2D eigenvalue weighted by Gasteiger charge is -2.27. The monoisotopic (exact) mass is 292 g/mol. The number of nitrogens with zero attached hydrogens (tertiary/aromatic N) is 2. The van der Waals surface area contributed by atoms with Crippen LogP contribution in [0.25, 0.3) is 4.83 Å². The van der Waals surface area contributed by atoms with Crippen molar-refractivity contribution in [2.45, 2.75) is 64.4 Å². The lowest BCUT2D eigenvalue weighted by molar-refractivity contribution is 0.0796. The summed E-state index contributed by atoms with van der Waals surface area (Å²) in [5, 5.41) is 10.9. The van der Waals surface area contributed by atoms with E-state index in [2.05, 4.69) is 23.2 Å². The van der Waals surface area contributed by atoms with E-state index < -0.39 is 0 Å². The standard InChI is InChI=1S/C16H24N2OS/c1-3-11(2)16-14(18-10-17-9-13(18)20-16)15(19)12-7-5-4-6-8-12/h9-12,15,19H,3-8H2,1-2H3. The minimum Gasteiger partial charge on any atom is -0.387 e. The first kappa shape index (κ1) is 14.1. The predicted octanol–water partition coefficient (Wildman–Crippen LogP) is 4.52. The largest absolute Gasteiger partial charge is 0.387 e. The van der Waals surface area contributed by atoms with Gasteiger partial charge >= 0.3 is 0 Å². The van der Waals surface area contributed by atoms with Gasteiger partial charge in [0.15, 0.2) is 0 Å². The van der Waals surface area contributed by atoms with Crippen LogP contribution in [0, 0.1) is 5.92 Å². The van der Waals surface area contributed by atoms with E-state index in [0.717, 1.165) is 29.8 Å². The van der Waals surface area contributed by atoms with Crippen molar-refractivity contribution >= 4 is 16.2 Å². The number of imidazole rings is 1. The Hall–Kier alpha value is -0.870. The quantitative estimate of drug-likeness (QED) is 0.899. The number of thiazole rings is 1. The highest BCUT2D eigenvalue weighted by atomic mass is 32.1. The number of aromatic nitrogens is 2. The normalized spacial score (nSPS) is 20.4. The summed E-state index contributed by atoms with van der Waals surface area (Å²) >= 11 is 1.80. The molecule has 1 aliphatic carbocycles. The second-order valence-corrected chi connectivity index (χ2v) is 7.17. The molecule has 0 spiro atoms. The molecule has 3 nitrogen and oxygen atoms in total. The van der Waals surface area contributed by atoms with Crippen LogP contribution in [0.4, 0.5) is 0 Å². The van der Waals surface area contributed by atoms with E-state index in [1.54, 1.807) is 11.3 Å². The fraction of sp³-hybridized carbons (Fsp3) is 0.688. The van der Waals surface area contributed by atoms with Gasteiger partial charge in [0.2, 0.25) is 0 Å². The first-order valence-electron chi connectivity index (χ1n) is 7.85. The van der Waals surface area contributed by atoms with Crippen LogP contribution < -0.4 is 0 Å². The van der Waals surface area contributed by atoms with Gasteiger partial charge in [-0.15, -0.1) is 11.3 Å². The average molecular weight is 292 g/mol. The minimum atomic E-state index is -0.331. The summed E-state index contributed by atoms with van der Waals surface area (Å²) in [6, 6.07) is 0. The summed E-state index contributed by atoms with van der Waals surface area (Å²) in [7, 11) is 0. The molecule has 2 heterocycles. The molecule has 0 amide bonds. The summed E-state index contributed by atoms with van der Waals surface area (Å²) < 4.78 is 2.12. The van der Waals surface area contributed by atoms with Gasteiger partial charge < -0.3 is 5.11 Å². The third-order valence-electron chi connectivity index (χ3n) is 4.77. The SMILES string of the molecule is CCC(C)c1sc2cncn2c1C(O)C1CCCCC1. The molecule has 1 saturated carbocycles. The highest BCUT2D eigenvalue weighted by molar-refractivity contribution is 7.17. The molecule has 2 aromatic rings. The number of hydrogen-bond donors (Lipinski definition) is 1. The molecule has 0 aromatic carbocycles. The zero-order valence-electron chi connectivity index (χ0n) is 12.4. The smallest absolute Gasteiger partial charge is 0.120 e. The molecule has 1 aliphatic rings. The van der Waals surface area contributed by atoms with E-state index in [-0.39, 0.29) is 6.10 Å². The molecule has 4 heteroatoms. The van der Waals surface area contributed by atoms with Gasteiger partial charge in [-0.2, -0.15) is 0 Å². The third-order valence-corrected chi connectivity index (χ3v) is 6.11. The molecule has 1 N–H and O–H groups in total. The summed E-state index contributed by atoms with van der Waals surface area (Å²) in [6.45, 7) is 4.48. The van der Waals surface area contributed by atoms with Crippen LogP contribution in [0.5, 0.6) is 0 Å². The van der Waals surface area contributed by atoms with Crippen molar-refractivity contribution in [1.82, 2.24) is 9.38 Å². The Morgan fingerprint density at radius 1 is 1.40 bits per heavy atom. The summed E-state index contributed by atoms with van der Waals surface area (Å²) in [6.07, 6.45) is 10.7. The van der Waals surface area contributed by atoms with Crippen molar-refractivity contribution in [1.29, 1.82) is 0 Å². The van der Waals surface area contributed by atoms with Gasteiger partial charge in [-0.25, -0.2) is 4.98 Å². The Bertz CT molecular complexity index is 568. The van der Waals surface area contributed by atoms with Crippen molar-refractivity contribution in [3.63, 3.8) is 0 Å². The van der Waals surface area contributed by atoms with E-state index in [1.807, 2.05) is 12.5 Å². The lowest BCUT2D eigenvalue weighted by atomic mass is 9.83. The van der Waals surface area contributed by atoms with Crippen molar-refractivity contribution < 1.29 is 5.11 Å². The Balaban J connectivity index is 2.00. The summed E-state index contributed by atoms with van der Waals surface area (Å²) in [4.78, 5) is 6.75. The molecule has 0 saturated heterocycles. The van der Waals surface area contributed by atoms with Gasteiger partial charge in [0.25, 0.3) is 0 Å². The van der Waals surface area contributed by atoms with Gasteiger partial charge in [-0.05, 0) is 31.1 Å². The molecule has 0 aliphatic heterocycles. The van der Waals surface area contributed by atoms with Crippen LogP contribution in [0.2, 0.25) is 0 Å². The number of fused-ring (bicyclic) bond motifs is 1. The number of aliphatic hydroxyl groups excluding tert-OH is 1. The fourth-order valence-electron chi connectivity index (χ4n) is 3.32. The minimum absolute atomic E-state index is 0.331. The second-order valence-electron chi connectivity index (χ2n) is 6.11. The van der Waals surface area contributed by atoms with Crippen molar-refractivity contribution in [2.75, 3.05) is 0 Å². The number of hydrogen-bond acceptors (Lipinski definition) is 3. The van der Waals surface area contributed by atoms with Crippen LogP contribution in [0.1, 0.15) is 75.0 Å². The van der Waals surface area contributed by atoms with Gasteiger partial charge in [0.1, 0.15) is 11.2 Å². The van der Waals surface area contributed by atoms with E-state index >= 15 is 0 Å². The van der Waals surface area contributed by atoms with E-state index in [4.69, 9.17) is 0 Å². The van der Waals surface area contributed by atoms with E-state index in [1.165, 1.54) is 24.1 Å². The maximum Gasteiger partial charge on any atom is 0.120 e. The highest BCUT2D eigenvalue weighted by Gasteiger charge is 2.29. The lowest BCUT2D eigenvalue weighted by Crippen LogP contribution is -2.18. The summed E-state index contributed by atoms with van der Waals surface area (Å²) in [5.74, 6) is 0.930. The fourth-order valence-corrected chi connectivity index (χ4v) is 4.60. The summed E-state index contributed by atoms with van der Waals surface area (Å²) in [5.41, 5.74) is 1.11. The van der Waals surface area contributed by atoms with Crippen LogP contribution in [0.3, 0.4) is 0 Å². The van der Waals surface area contributed by atoms with E-state index in [9.17, 15) is 5.11 Å². The molecule has 1 fully saturated rings. The van der Waals surface area contributed by atoms with Crippen LogP contribution in [-0.2, 0) is 0 Å². The molecule has 2 unspecified atom stereocenters. The van der Waals surface area contributed by atoms with Crippen molar-refractivity contribution in [2.24, 2.45) is 5.92 Å². The van der Waals surface area contributed by atoms with Crippen molar-refractivity contribution in [3.8, 4) is 0 Å². The van der Waals surface area contributed by atoms with Crippen LogP contribution in [0.15, 0.2) is 12.5 Å². The molecular weight excluding hydrogens is 268 g/mol. The average Bonchev–Trinajstić information content (AvgIpc) is 3.07. The van der Waals surface area contributed by atoms with E-state index in [0.29, 0.717) is 11.8 Å². The van der Waals surface area contributed by atoms with Crippen LogP contribution in [-0.4, -0.2) is 14.5 Å². The molecule has 3 rings (SSSR count). The highest BCUT2D eigenvalue weighted by Crippen LogP contribution is 2.41. The maximum absolute atomic E-state index is 10.9. The molecule has 0 bridgehead atoms. The molecule has 2 atom stereocenters. The maximum atomic E-state index is 10.9. The Morgan fingerprint density at radius 3 is 2.85 bits per heavy atom. The molecule has 110 valence electrons. The zero-order chi connectivity index (χ0) is 14.1. The molecule has 0 radical (unpaired) electrons. The number of aliphatic hydroxyl groups is 1. The molecular formula is C16H24N2OS. The first-order valence-corrected chi connectivity index (χ1v) is 8.66. The number of rotatable bonds is 4. The van der Waals surface area contributed by atoms with Gasteiger partial charge in [0, 0.05) is 4.88 Å².